The second-order valence-corrected chi connectivity index (χ2v) is 2.23. The van der Waals surface area contributed by atoms with Crippen LogP contribution in [0.2, 0.25) is 0 Å². The van der Waals surface area contributed by atoms with Crippen LogP contribution in [0.5, 0.6) is 0 Å². The van der Waals surface area contributed by atoms with Gasteiger partial charge in [-0.1, -0.05) is 26.0 Å². The van der Waals surface area contributed by atoms with Crippen molar-refractivity contribution in [2.24, 2.45) is 0 Å². The van der Waals surface area contributed by atoms with Gasteiger partial charge in [-0.2, -0.15) is 0 Å². The Morgan fingerprint density at radius 2 is 2.30 bits per heavy atom. The Labute approximate surface area is 63.8 Å². The molecule has 58 valence electrons. The standard InChI is InChI=1S/C9H17N/c1-4-7-8-10-9(5-2)6-3/h5-6,10H,2,4,7-8H2,1,3H3/b9-6-. The van der Waals surface area contributed by atoms with Crippen molar-refractivity contribution in [1.82, 2.24) is 5.32 Å². The second-order valence-electron chi connectivity index (χ2n) is 2.23. The molecule has 0 aliphatic rings. The predicted molar refractivity (Wildman–Crippen MR) is 46.9 cm³/mol. The molecule has 0 radical (unpaired) electrons. The molecule has 0 heterocycles. The van der Waals surface area contributed by atoms with Gasteiger partial charge in [0.05, 0.1) is 0 Å². The lowest BCUT2D eigenvalue weighted by molar-refractivity contribution is 0.719. The normalized spacial score (nSPS) is 11.2. The molecule has 0 fully saturated rings. The Morgan fingerprint density at radius 3 is 2.70 bits per heavy atom. The Kier molecular flexibility index (Phi) is 5.94. The smallest absolute Gasteiger partial charge is 0.0290 e. The van der Waals surface area contributed by atoms with Gasteiger partial charge in [-0.25, -0.2) is 0 Å². The predicted octanol–water partition coefficient (Wildman–Crippen LogP) is 2.47. The quantitative estimate of drug-likeness (QED) is 0.455. The Balaban J connectivity index is 3.36. The molecule has 0 saturated carbocycles. The van der Waals surface area contributed by atoms with Gasteiger partial charge in [-0.3, -0.25) is 0 Å². The average Bonchev–Trinajstić information content (AvgIpc) is 1.99. The van der Waals surface area contributed by atoms with Gasteiger partial charge in [-0.15, -0.1) is 0 Å². The molecule has 0 aromatic rings. The van der Waals surface area contributed by atoms with Gasteiger partial charge >= 0.3 is 0 Å². The zero-order valence-corrected chi connectivity index (χ0v) is 6.98. The molecule has 0 aromatic carbocycles. The van der Waals surface area contributed by atoms with Crippen LogP contribution in [0.4, 0.5) is 0 Å². The minimum Gasteiger partial charge on any atom is -0.385 e. The van der Waals surface area contributed by atoms with E-state index in [0.29, 0.717) is 0 Å². The van der Waals surface area contributed by atoms with Crippen LogP contribution < -0.4 is 5.32 Å². The average molecular weight is 139 g/mol. The van der Waals surface area contributed by atoms with Crippen molar-refractivity contribution < 1.29 is 0 Å². The molecule has 0 atom stereocenters. The van der Waals surface area contributed by atoms with Crippen LogP contribution in [0.15, 0.2) is 24.4 Å². The fourth-order valence-corrected chi connectivity index (χ4v) is 0.702. The van der Waals surface area contributed by atoms with E-state index in [1.807, 2.05) is 19.1 Å². The maximum absolute atomic E-state index is 3.68. The summed E-state index contributed by atoms with van der Waals surface area (Å²) in [5.41, 5.74) is 1.13. The van der Waals surface area contributed by atoms with E-state index in [0.717, 1.165) is 12.2 Å². The van der Waals surface area contributed by atoms with Crippen LogP contribution in [0.3, 0.4) is 0 Å². The number of hydrogen-bond acceptors (Lipinski definition) is 1. The van der Waals surface area contributed by atoms with E-state index in [-0.39, 0.29) is 0 Å². The van der Waals surface area contributed by atoms with Crippen molar-refractivity contribution >= 4 is 0 Å². The minimum absolute atomic E-state index is 1.06. The lowest BCUT2D eigenvalue weighted by Gasteiger charge is -2.03. The molecule has 0 aromatic heterocycles. The summed E-state index contributed by atoms with van der Waals surface area (Å²) in [6.45, 7) is 8.93. The van der Waals surface area contributed by atoms with E-state index < -0.39 is 0 Å². The largest absolute Gasteiger partial charge is 0.385 e. The molecule has 1 N–H and O–H groups in total. The highest BCUT2D eigenvalue weighted by atomic mass is 14.9. The van der Waals surface area contributed by atoms with Crippen LogP contribution in [-0.4, -0.2) is 6.54 Å². The fraction of sp³-hybridized carbons (Fsp3) is 0.556. The lowest BCUT2D eigenvalue weighted by atomic mass is 10.3. The zero-order chi connectivity index (χ0) is 7.82. The molecule has 0 bridgehead atoms. The first-order valence-electron chi connectivity index (χ1n) is 3.87. The first-order valence-corrected chi connectivity index (χ1v) is 3.87. The molecular formula is C9H17N. The third-order valence-electron chi connectivity index (χ3n) is 1.39. The number of hydrogen-bond donors (Lipinski definition) is 1. The van der Waals surface area contributed by atoms with Crippen LogP contribution in [0, 0.1) is 0 Å². The molecule has 0 aliphatic carbocycles. The van der Waals surface area contributed by atoms with Gasteiger partial charge < -0.3 is 5.32 Å². The van der Waals surface area contributed by atoms with Crippen molar-refractivity contribution in [3.05, 3.63) is 24.4 Å². The molecule has 10 heavy (non-hydrogen) atoms. The molecule has 1 heteroatoms. The summed E-state index contributed by atoms with van der Waals surface area (Å²) in [4.78, 5) is 0. The molecule has 0 saturated heterocycles. The van der Waals surface area contributed by atoms with E-state index in [2.05, 4.69) is 18.8 Å². The highest BCUT2D eigenvalue weighted by Crippen LogP contribution is 1.90. The Bertz CT molecular complexity index is 114. The molecule has 0 rings (SSSR count). The van der Waals surface area contributed by atoms with Gasteiger partial charge in [0.1, 0.15) is 0 Å². The topological polar surface area (TPSA) is 12.0 Å². The molecule has 0 unspecified atom stereocenters. The maximum atomic E-state index is 3.68. The summed E-state index contributed by atoms with van der Waals surface area (Å²) in [6.07, 6.45) is 6.34. The Morgan fingerprint density at radius 1 is 1.60 bits per heavy atom. The minimum atomic E-state index is 1.06. The highest BCUT2D eigenvalue weighted by Gasteiger charge is 1.85. The monoisotopic (exact) mass is 139 g/mol. The number of unbranched alkanes of at least 4 members (excludes halogenated alkanes) is 1. The number of rotatable bonds is 5. The molecule has 1 nitrogen and oxygen atoms in total. The van der Waals surface area contributed by atoms with Gasteiger partial charge in [0.15, 0.2) is 0 Å². The van der Waals surface area contributed by atoms with E-state index in [4.69, 9.17) is 0 Å². The van der Waals surface area contributed by atoms with Crippen molar-refractivity contribution in [3.8, 4) is 0 Å². The van der Waals surface area contributed by atoms with Crippen molar-refractivity contribution in [1.29, 1.82) is 0 Å². The second kappa shape index (κ2) is 6.40. The lowest BCUT2D eigenvalue weighted by Crippen LogP contribution is -2.12. The molecule has 0 aliphatic heterocycles. The van der Waals surface area contributed by atoms with Crippen molar-refractivity contribution in [2.45, 2.75) is 26.7 Å². The molecule has 0 spiro atoms. The molecular weight excluding hydrogens is 122 g/mol. The van der Waals surface area contributed by atoms with Crippen LogP contribution in [0.1, 0.15) is 26.7 Å². The first kappa shape index (κ1) is 9.28. The van der Waals surface area contributed by atoms with Gasteiger partial charge in [0.2, 0.25) is 0 Å². The van der Waals surface area contributed by atoms with Gasteiger partial charge in [0.25, 0.3) is 0 Å². The van der Waals surface area contributed by atoms with E-state index in [9.17, 15) is 0 Å². The third kappa shape index (κ3) is 4.19. The van der Waals surface area contributed by atoms with Gasteiger partial charge in [0, 0.05) is 12.2 Å². The zero-order valence-electron chi connectivity index (χ0n) is 6.98. The maximum Gasteiger partial charge on any atom is 0.0290 e. The number of nitrogens with one attached hydrogen (secondary N) is 1. The summed E-state index contributed by atoms with van der Waals surface area (Å²) in [5.74, 6) is 0. The third-order valence-corrected chi connectivity index (χ3v) is 1.39. The SMILES string of the molecule is C=C/C(=C/C)NCCCC. The van der Waals surface area contributed by atoms with Crippen molar-refractivity contribution in [2.75, 3.05) is 6.54 Å². The van der Waals surface area contributed by atoms with Crippen LogP contribution in [0.25, 0.3) is 0 Å². The van der Waals surface area contributed by atoms with Crippen LogP contribution >= 0.6 is 0 Å². The summed E-state index contributed by atoms with van der Waals surface area (Å²) in [7, 11) is 0. The summed E-state index contributed by atoms with van der Waals surface area (Å²) in [5, 5.41) is 3.26. The first-order chi connectivity index (χ1) is 4.85. The highest BCUT2D eigenvalue weighted by molar-refractivity contribution is 5.12. The van der Waals surface area contributed by atoms with E-state index in [1.54, 1.807) is 0 Å². The summed E-state index contributed by atoms with van der Waals surface area (Å²) >= 11 is 0. The van der Waals surface area contributed by atoms with Gasteiger partial charge in [-0.05, 0) is 19.4 Å². The van der Waals surface area contributed by atoms with E-state index >= 15 is 0 Å². The summed E-state index contributed by atoms with van der Waals surface area (Å²) in [6, 6.07) is 0. The number of allylic oxidation sites excluding steroid dienone is 2. The fourth-order valence-electron chi connectivity index (χ4n) is 0.702. The van der Waals surface area contributed by atoms with Crippen LogP contribution in [-0.2, 0) is 0 Å². The van der Waals surface area contributed by atoms with Crippen molar-refractivity contribution in [3.63, 3.8) is 0 Å². The molecule has 0 amide bonds. The van der Waals surface area contributed by atoms with E-state index in [1.165, 1.54) is 12.8 Å². The summed E-state index contributed by atoms with van der Waals surface area (Å²) < 4.78 is 0. The Hall–Kier alpha value is -0.720.